The Hall–Kier alpha value is -0.730. The van der Waals surface area contributed by atoms with Crippen molar-refractivity contribution >= 4 is 11.6 Å². The second kappa shape index (κ2) is 6.62. The Morgan fingerprint density at radius 1 is 1.21 bits per heavy atom. The van der Waals surface area contributed by atoms with E-state index in [2.05, 4.69) is 19.9 Å². The Balaban J connectivity index is 2.02. The van der Waals surface area contributed by atoms with Crippen molar-refractivity contribution in [2.24, 2.45) is 0 Å². The van der Waals surface area contributed by atoms with Gasteiger partial charge in [-0.3, -0.25) is 0 Å². The number of halogens is 1. The summed E-state index contributed by atoms with van der Waals surface area (Å²) in [7, 11) is 1.78. The van der Waals surface area contributed by atoms with Crippen molar-refractivity contribution < 1.29 is 9.47 Å². The molecule has 2 atom stereocenters. The number of rotatable bonds is 4. The van der Waals surface area contributed by atoms with E-state index in [1.54, 1.807) is 7.11 Å². The van der Waals surface area contributed by atoms with E-state index in [9.17, 15) is 0 Å². The molecule has 0 radical (unpaired) electrons. The summed E-state index contributed by atoms with van der Waals surface area (Å²) in [4.78, 5) is 0. The zero-order chi connectivity index (χ0) is 13.8. The first-order valence-corrected chi connectivity index (χ1v) is 7.47. The van der Waals surface area contributed by atoms with Gasteiger partial charge >= 0.3 is 0 Å². The summed E-state index contributed by atoms with van der Waals surface area (Å²) in [6.07, 6.45) is 4.89. The molecule has 0 bridgehead atoms. The third kappa shape index (κ3) is 3.87. The van der Waals surface area contributed by atoms with Crippen LogP contribution in [0.25, 0.3) is 0 Å². The largest absolute Gasteiger partial charge is 0.489 e. The minimum Gasteiger partial charge on any atom is -0.489 e. The van der Waals surface area contributed by atoms with Gasteiger partial charge in [-0.25, -0.2) is 0 Å². The van der Waals surface area contributed by atoms with Gasteiger partial charge in [0.1, 0.15) is 11.9 Å². The molecule has 0 heterocycles. The zero-order valence-electron chi connectivity index (χ0n) is 12.0. The van der Waals surface area contributed by atoms with Crippen LogP contribution in [-0.4, -0.2) is 19.3 Å². The predicted octanol–water partition coefficient (Wildman–Crippen LogP) is 4.80. The molecule has 1 saturated carbocycles. The van der Waals surface area contributed by atoms with Gasteiger partial charge in [0, 0.05) is 13.5 Å². The smallest absolute Gasteiger partial charge is 0.138 e. The molecule has 1 aromatic carbocycles. The van der Waals surface area contributed by atoms with Gasteiger partial charge in [-0.2, -0.15) is 0 Å². The summed E-state index contributed by atoms with van der Waals surface area (Å²) in [5.41, 5.74) is 1.25. The van der Waals surface area contributed by atoms with Crippen molar-refractivity contribution in [2.75, 3.05) is 7.11 Å². The monoisotopic (exact) mass is 282 g/mol. The van der Waals surface area contributed by atoms with E-state index in [1.807, 2.05) is 12.1 Å². The Labute approximate surface area is 121 Å². The number of methoxy groups -OCH3 is 1. The molecular formula is C16H23ClO2. The second-order valence-electron chi connectivity index (χ2n) is 5.61. The summed E-state index contributed by atoms with van der Waals surface area (Å²) in [5.74, 6) is 1.28. The molecule has 0 amide bonds. The normalized spacial score (nSPS) is 23.6. The highest BCUT2D eigenvalue weighted by molar-refractivity contribution is 6.32. The van der Waals surface area contributed by atoms with E-state index in [0.717, 1.165) is 31.4 Å². The minimum absolute atomic E-state index is 0.223. The van der Waals surface area contributed by atoms with Gasteiger partial charge in [0.05, 0.1) is 11.1 Å². The molecule has 19 heavy (non-hydrogen) atoms. The molecule has 0 spiro atoms. The quantitative estimate of drug-likeness (QED) is 0.790. The van der Waals surface area contributed by atoms with Gasteiger partial charge in [-0.05, 0) is 42.9 Å². The predicted molar refractivity (Wildman–Crippen MR) is 79.2 cm³/mol. The SMILES string of the molecule is COC1CCCC(Oc2ccc(C(C)C)cc2Cl)C1. The van der Waals surface area contributed by atoms with Crippen molar-refractivity contribution in [1.29, 1.82) is 0 Å². The molecule has 1 aliphatic rings. The van der Waals surface area contributed by atoms with E-state index >= 15 is 0 Å². The fourth-order valence-corrected chi connectivity index (χ4v) is 2.81. The highest BCUT2D eigenvalue weighted by Gasteiger charge is 2.23. The number of ether oxygens (including phenoxy) is 2. The number of hydrogen-bond acceptors (Lipinski definition) is 2. The summed E-state index contributed by atoms with van der Waals surface area (Å²) >= 11 is 6.31. The molecule has 3 heteroatoms. The van der Waals surface area contributed by atoms with Crippen LogP contribution in [0.3, 0.4) is 0 Å². The van der Waals surface area contributed by atoms with Gasteiger partial charge in [-0.1, -0.05) is 31.5 Å². The van der Waals surface area contributed by atoms with Crippen LogP contribution < -0.4 is 4.74 Å². The molecule has 2 rings (SSSR count). The van der Waals surface area contributed by atoms with Crippen molar-refractivity contribution in [3.05, 3.63) is 28.8 Å². The van der Waals surface area contributed by atoms with Gasteiger partial charge in [0.2, 0.25) is 0 Å². The lowest BCUT2D eigenvalue weighted by Gasteiger charge is -2.29. The Morgan fingerprint density at radius 2 is 1.95 bits per heavy atom. The molecule has 106 valence electrons. The third-order valence-electron chi connectivity index (χ3n) is 3.83. The van der Waals surface area contributed by atoms with Crippen molar-refractivity contribution in [3.63, 3.8) is 0 Å². The highest BCUT2D eigenvalue weighted by Crippen LogP contribution is 2.32. The molecule has 2 unspecified atom stereocenters. The molecular weight excluding hydrogens is 260 g/mol. The summed E-state index contributed by atoms with van der Waals surface area (Å²) in [6, 6.07) is 6.11. The van der Waals surface area contributed by atoms with Crippen LogP contribution in [0.5, 0.6) is 5.75 Å². The topological polar surface area (TPSA) is 18.5 Å². The molecule has 1 aromatic rings. The molecule has 1 aliphatic carbocycles. The first-order valence-electron chi connectivity index (χ1n) is 7.09. The zero-order valence-corrected chi connectivity index (χ0v) is 12.7. The van der Waals surface area contributed by atoms with Gasteiger partial charge in [0.15, 0.2) is 0 Å². The molecule has 0 aliphatic heterocycles. The maximum Gasteiger partial charge on any atom is 0.138 e. The van der Waals surface area contributed by atoms with Crippen molar-refractivity contribution in [3.8, 4) is 5.75 Å². The third-order valence-corrected chi connectivity index (χ3v) is 4.12. The van der Waals surface area contributed by atoms with Crippen LogP contribution in [0.15, 0.2) is 18.2 Å². The van der Waals surface area contributed by atoms with Crippen molar-refractivity contribution in [1.82, 2.24) is 0 Å². The number of benzene rings is 1. The highest BCUT2D eigenvalue weighted by atomic mass is 35.5. The van der Waals surface area contributed by atoms with Crippen molar-refractivity contribution in [2.45, 2.75) is 57.7 Å². The summed E-state index contributed by atoms with van der Waals surface area (Å²) in [6.45, 7) is 4.33. The summed E-state index contributed by atoms with van der Waals surface area (Å²) in [5, 5.41) is 0.714. The molecule has 1 fully saturated rings. The lowest BCUT2D eigenvalue weighted by molar-refractivity contribution is 0.0210. The second-order valence-corrected chi connectivity index (χ2v) is 6.02. The molecule has 0 aromatic heterocycles. The van der Waals surface area contributed by atoms with Crippen LogP contribution in [0, 0.1) is 0 Å². The lowest BCUT2D eigenvalue weighted by atomic mass is 9.95. The Morgan fingerprint density at radius 3 is 2.58 bits per heavy atom. The molecule has 0 N–H and O–H groups in total. The fraction of sp³-hybridized carbons (Fsp3) is 0.625. The van der Waals surface area contributed by atoms with Crippen LogP contribution in [-0.2, 0) is 4.74 Å². The van der Waals surface area contributed by atoms with Crippen LogP contribution in [0.4, 0.5) is 0 Å². The van der Waals surface area contributed by atoms with Gasteiger partial charge in [0.25, 0.3) is 0 Å². The Kier molecular flexibility index (Phi) is 5.12. The molecule has 0 saturated heterocycles. The van der Waals surface area contributed by atoms with Crippen LogP contribution in [0.1, 0.15) is 51.0 Å². The fourth-order valence-electron chi connectivity index (χ4n) is 2.57. The van der Waals surface area contributed by atoms with E-state index in [1.165, 1.54) is 5.56 Å². The van der Waals surface area contributed by atoms with Gasteiger partial charge in [-0.15, -0.1) is 0 Å². The van der Waals surface area contributed by atoms with Gasteiger partial charge < -0.3 is 9.47 Å². The maximum absolute atomic E-state index is 6.31. The number of hydrogen-bond donors (Lipinski definition) is 0. The maximum atomic E-state index is 6.31. The van der Waals surface area contributed by atoms with E-state index in [0.29, 0.717) is 17.0 Å². The summed E-state index contributed by atoms with van der Waals surface area (Å²) < 4.78 is 11.5. The van der Waals surface area contributed by atoms with E-state index < -0.39 is 0 Å². The minimum atomic E-state index is 0.223. The lowest BCUT2D eigenvalue weighted by Crippen LogP contribution is -2.29. The average Bonchev–Trinajstić information content (AvgIpc) is 2.41. The van der Waals surface area contributed by atoms with E-state index in [4.69, 9.17) is 21.1 Å². The average molecular weight is 283 g/mol. The first kappa shape index (κ1) is 14.7. The first-order chi connectivity index (χ1) is 9.10. The standard InChI is InChI=1S/C16H23ClO2/c1-11(2)12-7-8-16(15(17)9-12)19-14-6-4-5-13(10-14)18-3/h7-9,11,13-14H,4-6,10H2,1-3H3. The van der Waals surface area contributed by atoms with Crippen LogP contribution >= 0.6 is 11.6 Å². The van der Waals surface area contributed by atoms with Crippen LogP contribution in [0.2, 0.25) is 5.02 Å². The Bertz CT molecular complexity index is 417. The molecule has 2 nitrogen and oxygen atoms in total. The van der Waals surface area contributed by atoms with E-state index in [-0.39, 0.29) is 6.10 Å².